The summed E-state index contributed by atoms with van der Waals surface area (Å²) >= 11 is 0. The lowest BCUT2D eigenvalue weighted by Gasteiger charge is -2.12. The number of nitrogens with one attached hydrogen (secondary N) is 2. The monoisotopic (exact) mass is 365 g/mol. The molecule has 0 saturated carbocycles. The molecule has 0 saturated heterocycles. The van der Waals surface area contributed by atoms with Crippen LogP contribution in [0.25, 0.3) is 0 Å². The predicted molar refractivity (Wildman–Crippen MR) is 95.2 cm³/mol. The number of rotatable bonds is 6. The highest BCUT2D eigenvalue weighted by atomic mass is 32.2. The number of aryl methyl sites for hydroxylation is 2. The SMILES string of the molecule is CN=C(NCCc1nc(C)no1)NCc1ccc(S(C)(=O)=O)c(C)c1. The molecule has 8 nitrogen and oxygen atoms in total. The maximum Gasteiger partial charge on any atom is 0.228 e. The normalized spacial score (nSPS) is 12.2. The Morgan fingerprint density at radius 2 is 2.04 bits per heavy atom. The van der Waals surface area contributed by atoms with Crippen LogP contribution in [0.1, 0.15) is 22.8 Å². The van der Waals surface area contributed by atoms with Crippen LogP contribution in [0.15, 0.2) is 32.6 Å². The fraction of sp³-hybridized carbons (Fsp3) is 0.438. The highest BCUT2D eigenvalue weighted by Crippen LogP contribution is 2.16. The van der Waals surface area contributed by atoms with Gasteiger partial charge in [0.25, 0.3) is 0 Å². The highest BCUT2D eigenvalue weighted by Gasteiger charge is 2.11. The summed E-state index contributed by atoms with van der Waals surface area (Å²) in [4.78, 5) is 8.64. The Morgan fingerprint density at radius 1 is 1.28 bits per heavy atom. The third kappa shape index (κ3) is 5.56. The first-order valence-corrected chi connectivity index (χ1v) is 9.72. The van der Waals surface area contributed by atoms with Crippen molar-refractivity contribution >= 4 is 15.8 Å². The number of aliphatic imine (C=N–C) groups is 1. The van der Waals surface area contributed by atoms with Crippen LogP contribution in [-0.4, -0.2) is 44.4 Å². The van der Waals surface area contributed by atoms with Gasteiger partial charge < -0.3 is 15.2 Å². The quantitative estimate of drug-likeness (QED) is 0.580. The Labute approximate surface area is 147 Å². The number of benzene rings is 1. The molecule has 0 aliphatic carbocycles. The smallest absolute Gasteiger partial charge is 0.228 e. The first-order chi connectivity index (χ1) is 11.8. The summed E-state index contributed by atoms with van der Waals surface area (Å²) in [6.07, 6.45) is 1.81. The van der Waals surface area contributed by atoms with E-state index in [1.807, 2.05) is 6.07 Å². The zero-order chi connectivity index (χ0) is 18.4. The van der Waals surface area contributed by atoms with Crippen molar-refractivity contribution in [2.24, 2.45) is 4.99 Å². The van der Waals surface area contributed by atoms with Gasteiger partial charge in [-0.05, 0) is 31.0 Å². The van der Waals surface area contributed by atoms with Crippen LogP contribution >= 0.6 is 0 Å². The lowest BCUT2D eigenvalue weighted by atomic mass is 10.1. The molecule has 2 rings (SSSR count). The topological polar surface area (TPSA) is 109 Å². The molecule has 1 aromatic carbocycles. The van der Waals surface area contributed by atoms with Crippen LogP contribution in [0.2, 0.25) is 0 Å². The molecule has 0 fully saturated rings. The highest BCUT2D eigenvalue weighted by molar-refractivity contribution is 7.90. The molecule has 0 spiro atoms. The first-order valence-electron chi connectivity index (χ1n) is 7.83. The van der Waals surface area contributed by atoms with E-state index in [0.717, 1.165) is 11.1 Å². The first kappa shape index (κ1) is 18.9. The van der Waals surface area contributed by atoms with E-state index in [2.05, 4.69) is 25.8 Å². The van der Waals surface area contributed by atoms with Gasteiger partial charge in [0.2, 0.25) is 5.89 Å². The average molecular weight is 365 g/mol. The second kappa shape index (κ2) is 8.11. The minimum atomic E-state index is -3.20. The van der Waals surface area contributed by atoms with E-state index < -0.39 is 9.84 Å². The van der Waals surface area contributed by atoms with Crippen molar-refractivity contribution < 1.29 is 12.9 Å². The summed E-state index contributed by atoms with van der Waals surface area (Å²) in [6, 6.07) is 5.29. The van der Waals surface area contributed by atoms with Crippen molar-refractivity contribution in [1.29, 1.82) is 0 Å². The Balaban J connectivity index is 1.87. The fourth-order valence-corrected chi connectivity index (χ4v) is 3.33. The summed E-state index contributed by atoms with van der Waals surface area (Å²) in [5.74, 6) is 1.83. The van der Waals surface area contributed by atoms with Crippen molar-refractivity contribution in [1.82, 2.24) is 20.8 Å². The maximum atomic E-state index is 11.7. The van der Waals surface area contributed by atoms with Gasteiger partial charge in [-0.15, -0.1) is 0 Å². The molecule has 2 N–H and O–H groups in total. The van der Waals surface area contributed by atoms with Crippen LogP contribution in [-0.2, 0) is 22.8 Å². The molecule has 1 heterocycles. The Morgan fingerprint density at radius 3 is 2.60 bits per heavy atom. The lowest BCUT2D eigenvalue weighted by molar-refractivity contribution is 0.374. The van der Waals surface area contributed by atoms with Gasteiger partial charge in [0.05, 0.1) is 4.90 Å². The van der Waals surface area contributed by atoms with Crippen LogP contribution in [0.5, 0.6) is 0 Å². The molecule has 0 unspecified atom stereocenters. The summed E-state index contributed by atoms with van der Waals surface area (Å²) in [7, 11) is -1.51. The molecule has 0 bridgehead atoms. The summed E-state index contributed by atoms with van der Waals surface area (Å²) < 4.78 is 28.4. The van der Waals surface area contributed by atoms with E-state index in [4.69, 9.17) is 4.52 Å². The van der Waals surface area contributed by atoms with Gasteiger partial charge in [-0.25, -0.2) is 8.42 Å². The van der Waals surface area contributed by atoms with E-state index in [1.165, 1.54) is 6.26 Å². The molecule has 0 radical (unpaired) electrons. The number of guanidine groups is 1. The Hall–Kier alpha value is -2.42. The fourth-order valence-electron chi connectivity index (χ4n) is 2.37. The van der Waals surface area contributed by atoms with Crippen molar-refractivity contribution in [2.75, 3.05) is 19.8 Å². The van der Waals surface area contributed by atoms with Gasteiger partial charge in [0.1, 0.15) is 0 Å². The molecule has 9 heteroatoms. The number of sulfone groups is 1. The standard InChI is InChI=1S/C16H23N5O3S/c1-11-9-13(5-6-14(11)25(4,22)23)10-19-16(17-3)18-8-7-15-20-12(2)21-24-15/h5-6,9H,7-8,10H2,1-4H3,(H2,17,18,19). The minimum Gasteiger partial charge on any atom is -0.356 e. The molecule has 25 heavy (non-hydrogen) atoms. The summed E-state index contributed by atoms with van der Waals surface area (Å²) in [5.41, 5.74) is 1.71. The van der Waals surface area contributed by atoms with Crippen molar-refractivity contribution in [3.05, 3.63) is 41.0 Å². The summed E-state index contributed by atoms with van der Waals surface area (Å²) in [6.45, 7) is 4.70. The van der Waals surface area contributed by atoms with Crippen LogP contribution < -0.4 is 10.6 Å². The van der Waals surface area contributed by atoms with E-state index in [9.17, 15) is 8.42 Å². The minimum absolute atomic E-state index is 0.355. The molecule has 0 atom stereocenters. The molecule has 2 aromatic rings. The second-order valence-corrected chi connectivity index (χ2v) is 7.69. The van der Waals surface area contributed by atoms with E-state index in [-0.39, 0.29) is 0 Å². The zero-order valence-electron chi connectivity index (χ0n) is 14.8. The Bertz CT molecular complexity index is 858. The Kier molecular flexibility index (Phi) is 6.13. The van der Waals surface area contributed by atoms with Gasteiger partial charge in [0, 0.05) is 32.8 Å². The van der Waals surface area contributed by atoms with Gasteiger partial charge >= 0.3 is 0 Å². The molecule has 0 aliphatic heterocycles. The van der Waals surface area contributed by atoms with E-state index in [1.54, 1.807) is 33.0 Å². The summed E-state index contributed by atoms with van der Waals surface area (Å²) in [5, 5.41) is 10.1. The average Bonchev–Trinajstić information content (AvgIpc) is 2.95. The third-order valence-corrected chi connectivity index (χ3v) is 4.78. The van der Waals surface area contributed by atoms with Crippen LogP contribution in [0.3, 0.4) is 0 Å². The largest absolute Gasteiger partial charge is 0.356 e. The van der Waals surface area contributed by atoms with Gasteiger partial charge in [-0.1, -0.05) is 17.3 Å². The number of hydrogen-bond acceptors (Lipinski definition) is 6. The molecule has 0 amide bonds. The molecular formula is C16H23N5O3S. The molecule has 136 valence electrons. The van der Waals surface area contributed by atoms with Gasteiger partial charge in [-0.2, -0.15) is 4.98 Å². The lowest BCUT2D eigenvalue weighted by Crippen LogP contribution is -2.37. The van der Waals surface area contributed by atoms with Crippen molar-refractivity contribution in [3.8, 4) is 0 Å². The van der Waals surface area contributed by atoms with Crippen LogP contribution in [0, 0.1) is 13.8 Å². The van der Waals surface area contributed by atoms with Crippen LogP contribution in [0.4, 0.5) is 0 Å². The van der Waals surface area contributed by atoms with Gasteiger partial charge in [-0.3, -0.25) is 4.99 Å². The third-order valence-electron chi connectivity index (χ3n) is 3.52. The number of aromatic nitrogens is 2. The maximum absolute atomic E-state index is 11.7. The molecular weight excluding hydrogens is 342 g/mol. The predicted octanol–water partition coefficient (Wildman–Crippen LogP) is 0.998. The van der Waals surface area contributed by atoms with E-state index >= 15 is 0 Å². The molecule has 0 aliphatic rings. The number of hydrogen-bond donors (Lipinski definition) is 2. The second-order valence-electron chi connectivity index (χ2n) is 5.71. The van der Waals surface area contributed by atoms with Gasteiger partial charge in [0.15, 0.2) is 21.6 Å². The molecule has 1 aromatic heterocycles. The van der Waals surface area contributed by atoms with Crippen molar-refractivity contribution in [3.63, 3.8) is 0 Å². The van der Waals surface area contributed by atoms with E-state index in [0.29, 0.717) is 42.1 Å². The number of nitrogens with zero attached hydrogens (tertiary/aromatic N) is 3. The van der Waals surface area contributed by atoms with Crippen molar-refractivity contribution in [2.45, 2.75) is 31.7 Å². The zero-order valence-corrected chi connectivity index (χ0v) is 15.6.